The van der Waals surface area contributed by atoms with Crippen LogP contribution in [0.1, 0.15) is 5.56 Å². The summed E-state index contributed by atoms with van der Waals surface area (Å²) in [5.41, 5.74) is 1.87. The molecule has 7 heteroatoms. The molecule has 124 valence electrons. The van der Waals surface area contributed by atoms with Gasteiger partial charge in [0.05, 0.1) is 11.6 Å². The zero-order valence-corrected chi connectivity index (χ0v) is 14.0. The number of benzene rings is 1. The fraction of sp³-hybridized carbons (Fsp3) is 0.353. The number of aryl methyl sites for hydroxylation is 1. The van der Waals surface area contributed by atoms with Crippen LogP contribution in [0.15, 0.2) is 24.3 Å². The molecule has 2 aliphatic heterocycles. The highest BCUT2D eigenvalue weighted by Crippen LogP contribution is 2.27. The second kappa shape index (κ2) is 5.63. The van der Waals surface area contributed by atoms with Crippen LogP contribution >= 0.6 is 11.6 Å². The molecule has 1 aromatic heterocycles. The van der Waals surface area contributed by atoms with Gasteiger partial charge in [0.15, 0.2) is 0 Å². The molecule has 2 aromatic rings. The Bertz CT molecular complexity index is 854. The maximum Gasteiger partial charge on any atom is 0.312 e. The zero-order chi connectivity index (χ0) is 16.8. The maximum atomic E-state index is 11.9. The smallest absolute Gasteiger partial charge is 0.312 e. The molecule has 2 aliphatic rings. The standard InChI is InChI=1S/C17H17ClN4O2/c1-10-13(18)4-2-11-3-5-14(20-15(10)11)21-6-7-22-12(9-21)8-19-16(23)17(22)24/h2-5,12H,6-9H2,1H3,(H,19,23). The molecule has 2 fully saturated rings. The summed E-state index contributed by atoms with van der Waals surface area (Å²) < 4.78 is 0. The van der Waals surface area contributed by atoms with Gasteiger partial charge in [-0.25, -0.2) is 4.98 Å². The number of anilines is 1. The Morgan fingerprint density at radius 3 is 2.83 bits per heavy atom. The van der Waals surface area contributed by atoms with E-state index < -0.39 is 11.8 Å². The third kappa shape index (κ3) is 2.38. The van der Waals surface area contributed by atoms with Crippen molar-refractivity contribution in [2.45, 2.75) is 13.0 Å². The van der Waals surface area contributed by atoms with E-state index in [0.29, 0.717) is 31.2 Å². The number of carbonyl (C=O) groups excluding carboxylic acids is 2. The van der Waals surface area contributed by atoms with Crippen LogP contribution in [0.5, 0.6) is 0 Å². The molecule has 2 saturated heterocycles. The number of halogens is 1. The van der Waals surface area contributed by atoms with Gasteiger partial charge in [0.1, 0.15) is 5.82 Å². The second-order valence-corrected chi connectivity index (χ2v) is 6.63. The summed E-state index contributed by atoms with van der Waals surface area (Å²) >= 11 is 6.21. The number of amides is 2. The summed E-state index contributed by atoms with van der Waals surface area (Å²) in [6, 6.07) is 7.88. The van der Waals surface area contributed by atoms with Crippen molar-refractivity contribution in [3.63, 3.8) is 0 Å². The topological polar surface area (TPSA) is 65.5 Å². The van der Waals surface area contributed by atoms with Crippen LogP contribution in [0.4, 0.5) is 5.82 Å². The molecule has 6 nitrogen and oxygen atoms in total. The van der Waals surface area contributed by atoms with E-state index in [9.17, 15) is 9.59 Å². The molecular formula is C17H17ClN4O2. The SMILES string of the molecule is Cc1c(Cl)ccc2ccc(N3CCN4C(=O)C(=O)NCC4C3)nc12. The Kier molecular flexibility index (Phi) is 3.57. The van der Waals surface area contributed by atoms with Crippen molar-refractivity contribution in [3.05, 3.63) is 34.9 Å². The molecule has 0 saturated carbocycles. The summed E-state index contributed by atoms with van der Waals surface area (Å²) in [6.07, 6.45) is 0. The average Bonchev–Trinajstić information content (AvgIpc) is 2.61. The third-order valence-corrected chi connectivity index (χ3v) is 5.20. The Labute approximate surface area is 144 Å². The van der Waals surface area contributed by atoms with E-state index in [4.69, 9.17) is 16.6 Å². The highest BCUT2D eigenvalue weighted by Gasteiger charge is 2.37. The minimum absolute atomic E-state index is 0.0121. The summed E-state index contributed by atoms with van der Waals surface area (Å²) in [5.74, 6) is -0.0642. The molecule has 0 spiro atoms. The van der Waals surface area contributed by atoms with Crippen LogP contribution in [0, 0.1) is 6.92 Å². The van der Waals surface area contributed by atoms with Crippen LogP contribution in [0.2, 0.25) is 5.02 Å². The van der Waals surface area contributed by atoms with Crippen LogP contribution in [-0.4, -0.2) is 53.9 Å². The fourth-order valence-corrected chi connectivity index (χ4v) is 3.55. The van der Waals surface area contributed by atoms with Gasteiger partial charge in [0.2, 0.25) is 0 Å². The Balaban J connectivity index is 1.63. The Hall–Kier alpha value is -2.34. The number of hydrogen-bond donors (Lipinski definition) is 1. The van der Waals surface area contributed by atoms with Crippen molar-refractivity contribution in [2.24, 2.45) is 0 Å². The average molecular weight is 345 g/mol. The van der Waals surface area contributed by atoms with Gasteiger partial charge in [-0.3, -0.25) is 9.59 Å². The van der Waals surface area contributed by atoms with Gasteiger partial charge in [-0.15, -0.1) is 0 Å². The highest BCUT2D eigenvalue weighted by atomic mass is 35.5. The lowest BCUT2D eigenvalue weighted by atomic mass is 10.1. The van der Waals surface area contributed by atoms with Crippen molar-refractivity contribution in [1.82, 2.24) is 15.2 Å². The predicted octanol–water partition coefficient (Wildman–Crippen LogP) is 1.34. The van der Waals surface area contributed by atoms with E-state index >= 15 is 0 Å². The maximum absolute atomic E-state index is 11.9. The second-order valence-electron chi connectivity index (χ2n) is 6.22. The number of piperazine rings is 2. The van der Waals surface area contributed by atoms with E-state index in [1.54, 1.807) is 4.90 Å². The number of nitrogens with zero attached hydrogens (tertiary/aromatic N) is 3. The minimum Gasteiger partial charge on any atom is -0.353 e. The molecule has 1 atom stereocenters. The van der Waals surface area contributed by atoms with E-state index in [-0.39, 0.29) is 6.04 Å². The van der Waals surface area contributed by atoms with Gasteiger partial charge in [0.25, 0.3) is 0 Å². The van der Waals surface area contributed by atoms with Gasteiger partial charge in [-0.1, -0.05) is 17.7 Å². The van der Waals surface area contributed by atoms with E-state index in [2.05, 4.69) is 10.2 Å². The summed E-state index contributed by atoms with van der Waals surface area (Å²) in [7, 11) is 0. The number of aromatic nitrogens is 1. The first-order chi connectivity index (χ1) is 11.5. The number of pyridine rings is 1. The molecule has 0 bridgehead atoms. The predicted molar refractivity (Wildman–Crippen MR) is 92.2 cm³/mol. The first-order valence-corrected chi connectivity index (χ1v) is 8.32. The first-order valence-electron chi connectivity index (χ1n) is 7.94. The quantitative estimate of drug-likeness (QED) is 0.793. The van der Waals surface area contributed by atoms with E-state index in [1.807, 2.05) is 31.2 Å². The first kappa shape index (κ1) is 15.2. The number of rotatable bonds is 1. The van der Waals surface area contributed by atoms with E-state index in [0.717, 1.165) is 22.3 Å². The van der Waals surface area contributed by atoms with Gasteiger partial charge in [-0.05, 0) is 30.7 Å². The summed E-state index contributed by atoms with van der Waals surface area (Å²) in [4.78, 5) is 32.0. The zero-order valence-electron chi connectivity index (χ0n) is 13.3. The minimum atomic E-state index is -0.506. The lowest BCUT2D eigenvalue weighted by molar-refractivity contribution is -0.150. The van der Waals surface area contributed by atoms with Gasteiger partial charge >= 0.3 is 11.8 Å². The molecule has 4 rings (SSSR count). The van der Waals surface area contributed by atoms with Crippen molar-refractivity contribution in [3.8, 4) is 0 Å². The number of carbonyl (C=O) groups is 2. The summed E-state index contributed by atoms with van der Waals surface area (Å²) in [5, 5.41) is 4.42. The highest BCUT2D eigenvalue weighted by molar-refractivity contribution is 6.35. The van der Waals surface area contributed by atoms with Crippen molar-refractivity contribution in [1.29, 1.82) is 0 Å². The lowest BCUT2D eigenvalue weighted by Crippen LogP contribution is -2.65. The molecule has 1 N–H and O–H groups in total. The summed E-state index contributed by atoms with van der Waals surface area (Å²) in [6.45, 7) is 4.30. The van der Waals surface area contributed by atoms with Crippen LogP contribution in [-0.2, 0) is 9.59 Å². The van der Waals surface area contributed by atoms with E-state index in [1.165, 1.54) is 0 Å². The van der Waals surface area contributed by atoms with Crippen molar-refractivity contribution in [2.75, 3.05) is 31.1 Å². The van der Waals surface area contributed by atoms with Crippen molar-refractivity contribution < 1.29 is 9.59 Å². The van der Waals surface area contributed by atoms with Crippen molar-refractivity contribution >= 4 is 40.1 Å². The number of nitrogens with one attached hydrogen (secondary N) is 1. The molecule has 24 heavy (non-hydrogen) atoms. The van der Waals surface area contributed by atoms with Gasteiger partial charge in [-0.2, -0.15) is 0 Å². The monoisotopic (exact) mass is 344 g/mol. The van der Waals surface area contributed by atoms with Gasteiger partial charge in [0, 0.05) is 36.6 Å². The Morgan fingerprint density at radius 1 is 1.21 bits per heavy atom. The molecule has 0 aliphatic carbocycles. The van der Waals surface area contributed by atoms with Crippen LogP contribution < -0.4 is 10.2 Å². The molecule has 1 unspecified atom stereocenters. The molecular weight excluding hydrogens is 328 g/mol. The Morgan fingerprint density at radius 2 is 2.00 bits per heavy atom. The van der Waals surface area contributed by atoms with Gasteiger partial charge < -0.3 is 15.1 Å². The number of hydrogen-bond acceptors (Lipinski definition) is 4. The normalized spacial score (nSPS) is 21.0. The van der Waals surface area contributed by atoms with Crippen LogP contribution in [0.3, 0.4) is 0 Å². The van der Waals surface area contributed by atoms with Crippen LogP contribution in [0.25, 0.3) is 10.9 Å². The molecule has 2 amide bonds. The molecule has 0 radical (unpaired) electrons. The number of fused-ring (bicyclic) bond motifs is 2. The lowest BCUT2D eigenvalue weighted by Gasteiger charge is -2.43. The largest absolute Gasteiger partial charge is 0.353 e. The fourth-order valence-electron chi connectivity index (χ4n) is 3.39. The molecule has 3 heterocycles. The molecule has 1 aromatic carbocycles. The third-order valence-electron chi connectivity index (χ3n) is 4.79.